The van der Waals surface area contributed by atoms with Crippen molar-refractivity contribution in [1.29, 1.82) is 0 Å². The van der Waals surface area contributed by atoms with Crippen molar-refractivity contribution in [2.75, 3.05) is 24.2 Å². The van der Waals surface area contributed by atoms with E-state index < -0.39 is 0 Å². The molecule has 0 saturated carbocycles. The van der Waals surface area contributed by atoms with E-state index in [9.17, 15) is 0 Å². The van der Waals surface area contributed by atoms with E-state index in [1.807, 2.05) is 11.9 Å². The van der Waals surface area contributed by atoms with E-state index in [1.54, 1.807) is 0 Å². The van der Waals surface area contributed by atoms with Crippen LogP contribution in [0.2, 0.25) is 0 Å². The maximum Gasteiger partial charge on any atom is 0.246 e. The molecular formula is C11H17N5. The molecule has 5 nitrogen and oxygen atoms in total. The Balaban J connectivity index is 1.87. The Bertz CT molecular complexity index is 429. The van der Waals surface area contributed by atoms with Crippen molar-refractivity contribution in [2.45, 2.75) is 19.8 Å². The highest BCUT2D eigenvalue weighted by Crippen LogP contribution is 2.19. The Morgan fingerprint density at radius 2 is 2.38 bits per heavy atom. The van der Waals surface area contributed by atoms with Crippen LogP contribution in [0.1, 0.15) is 19.8 Å². The zero-order valence-corrected chi connectivity index (χ0v) is 9.70. The molecule has 86 valence electrons. The molecule has 0 fully saturated rings. The monoisotopic (exact) mass is 219 g/mol. The van der Waals surface area contributed by atoms with Crippen molar-refractivity contribution >= 4 is 11.9 Å². The van der Waals surface area contributed by atoms with Crippen LogP contribution in [0, 0.1) is 0 Å². The number of nitrogens with one attached hydrogen (secondary N) is 1. The maximum absolute atomic E-state index is 5.48. The molecule has 0 atom stereocenters. The summed E-state index contributed by atoms with van der Waals surface area (Å²) >= 11 is 0. The van der Waals surface area contributed by atoms with Crippen molar-refractivity contribution in [2.24, 2.45) is 0 Å². The number of hydrogen-bond donors (Lipinski definition) is 2. The largest absolute Gasteiger partial charge is 0.368 e. The number of H-pyrrole nitrogens is 1. The molecule has 1 aromatic heterocycles. The van der Waals surface area contributed by atoms with E-state index in [-0.39, 0.29) is 0 Å². The summed E-state index contributed by atoms with van der Waals surface area (Å²) in [5, 5.41) is 6.64. The maximum atomic E-state index is 5.48. The third-order valence-electron chi connectivity index (χ3n) is 2.69. The molecule has 1 aliphatic rings. The lowest BCUT2D eigenvalue weighted by Crippen LogP contribution is -2.20. The Morgan fingerprint density at radius 3 is 2.94 bits per heavy atom. The third-order valence-corrected chi connectivity index (χ3v) is 2.69. The minimum absolute atomic E-state index is 0.359. The molecule has 1 heterocycles. The van der Waals surface area contributed by atoms with Gasteiger partial charge in [-0.15, -0.1) is 5.10 Å². The van der Waals surface area contributed by atoms with Crippen LogP contribution in [0.4, 0.5) is 11.9 Å². The summed E-state index contributed by atoms with van der Waals surface area (Å²) in [4.78, 5) is 6.07. The molecule has 0 aliphatic heterocycles. The lowest BCUT2D eigenvalue weighted by molar-refractivity contribution is 0.843. The first-order chi connectivity index (χ1) is 7.65. The average Bonchev–Trinajstić information content (AvgIpc) is 2.84. The molecular weight excluding hydrogens is 202 g/mol. The van der Waals surface area contributed by atoms with Crippen LogP contribution in [0.5, 0.6) is 0 Å². The first-order valence-corrected chi connectivity index (χ1v) is 5.40. The predicted octanol–water partition coefficient (Wildman–Crippen LogP) is 1.49. The summed E-state index contributed by atoms with van der Waals surface area (Å²) in [5.41, 5.74) is 8.30. The minimum atomic E-state index is 0.359. The highest BCUT2D eigenvalue weighted by molar-refractivity contribution is 5.35. The fourth-order valence-electron chi connectivity index (χ4n) is 1.73. The SMILES string of the molecule is CC1=CC(CCN(C)c2n[nH]c(N)n2)=CC1. The van der Waals surface area contributed by atoms with Crippen LogP contribution < -0.4 is 10.6 Å². The average molecular weight is 219 g/mol. The summed E-state index contributed by atoms with van der Waals surface area (Å²) in [7, 11) is 1.97. The van der Waals surface area contributed by atoms with E-state index in [0.717, 1.165) is 19.4 Å². The van der Waals surface area contributed by atoms with Gasteiger partial charge in [0.1, 0.15) is 0 Å². The van der Waals surface area contributed by atoms with Gasteiger partial charge >= 0.3 is 0 Å². The highest BCUT2D eigenvalue weighted by atomic mass is 15.4. The molecule has 0 aromatic carbocycles. The summed E-state index contributed by atoms with van der Waals surface area (Å²) in [6, 6.07) is 0. The fraction of sp³-hybridized carbons (Fsp3) is 0.455. The second-order valence-corrected chi connectivity index (χ2v) is 4.17. The normalized spacial score (nSPS) is 14.9. The van der Waals surface area contributed by atoms with Gasteiger partial charge in [-0.2, -0.15) is 4.98 Å². The topological polar surface area (TPSA) is 70.8 Å². The van der Waals surface area contributed by atoms with Crippen LogP contribution >= 0.6 is 0 Å². The van der Waals surface area contributed by atoms with Gasteiger partial charge in [0.25, 0.3) is 0 Å². The third kappa shape index (κ3) is 2.42. The van der Waals surface area contributed by atoms with Crippen LogP contribution in [-0.2, 0) is 0 Å². The zero-order chi connectivity index (χ0) is 11.5. The molecule has 0 amide bonds. The van der Waals surface area contributed by atoms with Crippen LogP contribution in [0.25, 0.3) is 0 Å². The number of aromatic amines is 1. The number of hydrogen-bond acceptors (Lipinski definition) is 4. The summed E-state index contributed by atoms with van der Waals surface area (Å²) < 4.78 is 0. The number of allylic oxidation sites excluding steroid dienone is 3. The number of rotatable bonds is 4. The Labute approximate surface area is 95.0 Å². The van der Waals surface area contributed by atoms with E-state index >= 15 is 0 Å². The van der Waals surface area contributed by atoms with Crippen molar-refractivity contribution in [3.8, 4) is 0 Å². The van der Waals surface area contributed by atoms with Crippen molar-refractivity contribution in [1.82, 2.24) is 15.2 Å². The Kier molecular flexibility index (Phi) is 2.94. The molecule has 0 radical (unpaired) electrons. The number of nitrogen functional groups attached to an aromatic ring is 1. The number of anilines is 2. The van der Waals surface area contributed by atoms with Gasteiger partial charge in [-0.05, 0) is 25.3 Å². The van der Waals surface area contributed by atoms with Crippen molar-refractivity contribution < 1.29 is 0 Å². The van der Waals surface area contributed by atoms with Crippen LogP contribution in [-0.4, -0.2) is 28.8 Å². The van der Waals surface area contributed by atoms with Crippen LogP contribution in [0.3, 0.4) is 0 Å². The first-order valence-electron chi connectivity index (χ1n) is 5.40. The van der Waals surface area contributed by atoms with Gasteiger partial charge < -0.3 is 10.6 Å². The molecule has 0 spiro atoms. The van der Waals surface area contributed by atoms with Gasteiger partial charge in [0, 0.05) is 13.6 Å². The van der Waals surface area contributed by atoms with E-state index in [4.69, 9.17) is 5.73 Å². The summed E-state index contributed by atoms with van der Waals surface area (Å²) in [6.45, 7) is 3.05. The quantitative estimate of drug-likeness (QED) is 0.804. The number of nitrogens with two attached hydrogens (primary N) is 1. The minimum Gasteiger partial charge on any atom is -0.368 e. The molecule has 1 aliphatic carbocycles. The summed E-state index contributed by atoms with van der Waals surface area (Å²) in [6.07, 6.45) is 6.63. The van der Waals surface area contributed by atoms with Gasteiger partial charge in [0.05, 0.1) is 0 Å². The Morgan fingerprint density at radius 1 is 1.56 bits per heavy atom. The van der Waals surface area contributed by atoms with E-state index in [1.165, 1.54) is 11.1 Å². The number of aromatic nitrogens is 3. The number of nitrogens with zero attached hydrogens (tertiary/aromatic N) is 3. The fourth-order valence-corrected chi connectivity index (χ4v) is 1.73. The van der Waals surface area contributed by atoms with Gasteiger partial charge in [0.2, 0.25) is 11.9 Å². The predicted molar refractivity (Wildman–Crippen MR) is 65.1 cm³/mol. The molecule has 3 N–H and O–H groups in total. The van der Waals surface area contributed by atoms with Crippen LogP contribution in [0.15, 0.2) is 23.3 Å². The molecule has 0 saturated heterocycles. The highest BCUT2D eigenvalue weighted by Gasteiger charge is 2.08. The van der Waals surface area contributed by atoms with Gasteiger partial charge in [-0.1, -0.05) is 17.7 Å². The molecule has 5 heteroatoms. The van der Waals surface area contributed by atoms with Crippen molar-refractivity contribution in [3.63, 3.8) is 0 Å². The summed E-state index contributed by atoms with van der Waals surface area (Å²) in [5.74, 6) is 1.01. The second-order valence-electron chi connectivity index (χ2n) is 4.17. The smallest absolute Gasteiger partial charge is 0.246 e. The lowest BCUT2D eigenvalue weighted by atomic mass is 10.2. The van der Waals surface area contributed by atoms with E-state index in [0.29, 0.717) is 11.9 Å². The van der Waals surface area contributed by atoms with Gasteiger partial charge in [-0.25, -0.2) is 5.10 Å². The molecule has 0 bridgehead atoms. The first kappa shape index (κ1) is 10.7. The van der Waals surface area contributed by atoms with E-state index in [2.05, 4.69) is 34.3 Å². The molecule has 16 heavy (non-hydrogen) atoms. The molecule has 2 rings (SSSR count). The standard InChI is InChI=1S/C11H17N5/c1-8-3-4-9(7-8)5-6-16(2)11-13-10(12)14-15-11/h4,7H,3,5-6H2,1-2H3,(H3,12,13,14,15). The van der Waals surface area contributed by atoms with Gasteiger partial charge in [-0.3, -0.25) is 0 Å². The lowest BCUT2D eigenvalue weighted by Gasteiger charge is -2.14. The van der Waals surface area contributed by atoms with Gasteiger partial charge in [0.15, 0.2) is 0 Å². The zero-order valence-electron chi connectivity index (χ0n) is 9.70. The second kappa shape index (κ2) is 4.38. The molecule has 1 aromatic rings. The Hall–Kier alpha value is -1.78. The van der Waals surface area contributed by atoms with Crippen molar-refractivity contribution in [3.05, 3.63) is 23.3 Å². The molecule has 0 unspecified atom stereocenters.